The van der Waals surface area contributed by atoms with Gasteiger partial charge in [0.1, 0.15) is 5.75 Å². The number of nitrogens with one attached hydrogen (secondary N) is 1. The average Bonchev–Trinajstić information content (AvgIpc) is 3.22. The molecule has 3 rings (SSSR count). The van der Waals surface area contributed by atoms with Crippen LogP contribution in [0.3, 0.4) is 0 Å². The van der Waals surface area contributed by atoms with Crippen molar-refractivity contribution in [1.29, 1.82) is 5.26 Å². The third kappa shape index (κ3) is 3.97. The summed E-state index contributed by atoms with van der Waals surface area (Å²) in [6.07, 6.45) is 3.74. The van der Waals surface area contributed by atoms with Crippen LogP contribution in [-0.4, -0.2) is 17.6 Å². The van der Waals surface area contributed by atoms with Crippen molar-refractivity contribution >= 4 is 17.5 Å². The first kappa shape index (κ1) is 18.6. The van der Waals surface area contributed by atoms with Crippen LogP contribution in [0.4, 0.5) is 0 Å². The van der Waals surface area contributed by atoms with E-state index in [0.29, 0.717) is 21.9 Å². The fourth-order valence-corrected chi connectivity index (χ4v) is 3.05. The maximum absolute atomic E-state index is 12.8. The third-order valence-corrected chi connectivity index (χ3v) is 4.59. The highest BCUT2D eigenvalue weighted by atomic mass is 35.5. The second kappa shape index (κ2) is 7.98. The van der Waals surface area contributed by atoms with E-state index in [-0.39, 0.29) is 11.9 Å². The van der Waals surface area contributed by atoms with Crippen LogP contribution in [0.25, 0.3) is 5.69 Å². The minimum absolute atomic E-state index is 0.238. The molecule has 5 nitrogen and oxygen atoms in total. The molecule has 1 amide bonds. The van der Waals surface area contributed by atoms with Gasteiger partial charge in [0.25, 0.3) is 5.91 Å². The molecule has 0 aliphatic rings. The maximum atomic E-state index is 12.8. The Morgan fingerprint density at radius 1 is 1.22 bits per heavy atom. The predicted molar refractivity (Wildman–Crippen MR) is 104 cm³/mol. The summed E-state index contributed by atoms with van der Waals surface area (Å²) in [4.78, 5) is 12.8. The van der Waals surface area contributed by atoms with Gasteiger partial charge in [-0.25, -0.2) is 0 Å². The first-order chi connectivity index (χ1) is 13.0. The van der Waals surface area contributed by atoms with Crippen LogP contribution < -0.4 is 10.1 Å². The summed E-state index contributed by atoms with van der Waals surface area (Å²) in [7, 11) is 1.52. The second-order valence-electron chi connectivity index (χ2n) is 6.02. The van der Waals surface area contributed by atoms with Gasteiger partial charge >= 0.3 is 0 Å². The first-order valence-electron chi connectivity index (χ1n) is 8.35. The van der Waals surface area contributed by atoms with Crippen LogP contribution in [0.5, 0.6) is 5.75 Å². The summed E-state index contributed by atoms with van der Waals surface area (Å²) < 4.78 is 7.26. The summed E-state index contributed by atoms with van der Waals surface area (Å²) >= 11 is 6.39. The number of ether oxygens (including phenoxy) is 1. The molecule has 2 aromatic carbocycles. The zero-order valence-corrected chi connectivity index (χ0v) is 15.7. The predicted octanol–water partition coefficient (Wildman–Crippen LogP) is 4.50. The standard InChI is InChI=1S/C21H18ClN3O2/c1-14(16-7-5-15(13-23)6-8-16)24-21(26)17-11-18(22)19(12-20(17)27-2)25-9-3-4-10-25/h3-12,14H,1-2H3,(H,24,26). The van der Waals surface area contributed by atoms with E-state index < -0.39 is 0 Å². The quantitative estimate of drug-likeness (QED) is 0.709. The molecular weight excluding hydrogens is 362 g/mol. The molecule has 0 saturated heterocycles. The zero-order valence-electron chi connectivity index (χ0n) is 14.9. The molecule has 27 heavy (non-hydrogen) atoms. The lowest BCUT2D eigenvalue weighted by Gasteiger charge is -2.17. The number of halogens is 1. The summed E-state index contributed by atoms with van der Waals surface area (Å²) in [6, 6.07) is 16.1. The molecule has 1 heterocycles. The molecule has 0 aliphatic carbocycles. The van der Waals surface area contributed by atoms with E-state index in [2.05, 4.69) is 11.4 Å². The Bertz CT molecular complexity index is 990. The van der Waals surface area contributed by atoms with E-state index in [9.17, 15) is 4.79 Å². The number of benzene rings is 2. The van der Waals surface area contributed by atoms with Crippen molar-refractivity contribution in [2.75, 3.05) is 7.11 Å². The molecule has 1 unspecified atom stereocenters. The van der Waals surface area contributed by atoms with Crippen molar-refractivity contribution in [2.24, 2.45) is 0 Å². The molecule has 0 radical (unpaired) electrons. The fourth-order valence-electron chi connectivity index (χ4n) is 2.79. The number of carbonyl (C=O) groups is 1. The van der Waals surface area contributed by atoms with Gasteiger partial charge < -0.3 is 14.6 Å². The number of nitrogens with zero attached hydrogens (tertiary/aromatic N) is 2. The Balaban J connectivity index is 1.85. The maximum Gasteiger partial charge on any atom is 0.255 e. The molecular formula is C21H18ClN3O2. The van der Waals surface area contributed by atoms with Crippen LogP contribution in [-0.2, 0) is 0 Å². The Hall–Kier alpha value is -3.23. The fraction of sp³-hybridized carbons (Fsp3) is 0.143. The normalized spacial score (nSPS) is 11.5. The number of methoxy groups -OCH3 is 1. The van der Waals surface area contributed by atoms with Crippen molar-refractivity contribution in [3.63, 3.8) is 0 Å². The summed E-state index contributed by atoms with van der Waals surface area (Å²) in [5.41, 5.74) is 2.57. The average molecular weight is 380 g/mol. The van der Waals surface area contributed by atoms with Gasteiger partial charge in [0.15, 0.2) is 0 Å². The van der Waals surface area contributed by atoms with Gasteiger partial charge in [0, 0.05) is 18.5 Å². The van der Waals surface area contributed by atoms with Crippen LogP contribution in [0.15, 0.2) is 60.9 Å². The van der Waals surface area contributed by atoms with Gasteiger partial charge in [-0.2, -0.15) is 5.26 Å². The summed E-state index contributed by atoms with van der Waals surface area (Å²) in [5.74, 6) is 0.150. The number of rotatable bonds is 5. The largest absolute Gasteiger partial charge is 0.496 e. The van der Waals surface area contributed by atoms with Gasteiger partial charge in [-0.1, -0.05) is 23.7 Å². The second-order valence-corrected chi connectivity index (χ2v) is 6.43. The van der Waals surface area contributed by atoms with E-state index >= 15 is 0 Å². The highest BCUT2D eigenvalue weighted by Crippen LogP contribution is 2.30. The van der Waals surface area contributed by atoms with Crippen LogP contribution >= 0.6 is 11.6 Å². The zero-order chi connectivity index (χ0) is 19.4. The number of nitriles is 1. The Kier molecular flexibility index (Phi) is 5.49. The minimum Gasteiger partial charge on any atom is -0.496 e. The summed E-state index contributed by atoms with van der Waals surface area (Å²) in [5, 5.41) is 12.3. The number of aromatic nitrogens is 1. The van der Waals surface area contributed by atoms with Gasteiger partial charge in [0.05, 0.1) is 41.1 Å². The molecule has 0 fully saturated rings. The molecule has 0 aliphatic heterocycles. The third-order valence-electron chi connectivity index (χ3n) is 4.28. The van der Waals surface area contributed by atoms with Crippen molar-refractivity contribution in [2.45, 2.75) is 13.0 Å². The van der Waals surface area contributed by atoms with Crippen LogP contribution in [0.2, 0.25) is 5.02 Å². The number of hydrogen-bond donors (Lipinski definition) is 1. The van der Waals surface area contributed by atoms with Crippen molar-refractivity contribution in [3.05, 3.63) is 82.6 Å². The van der Waals surface area contributed by atoms with Crippen LogP contribution in [0, 0.1) is 11.3 Å². The molecule has 1 atom stereocenters. The van der Waals surface area contributed by atoms with Gasteiger partial charge in [-0.3, -0.25) is 4.79 Å². The lowest BCUT2D eigenvalue weighted by Crippen LogP contribution is -2.27. The first-order valence-corrected chi connectivity index (χ1v) is 8.73. The van der Waals surface area contributed by atoms with Crippen molar-refractivity contribution < 1.29 is 9.53 Å². The Morgan fingerprint density at radius 3 is 2.48 bits per heavy atom. The van der Waals surface area contributed by atoms with Gasteiger partial charge in [-0.15, -0.1) is 0 Å². The van der Waals surface area contributed by atoms with E-state index in [0.717, 1.165) is 11.3 Å². The number of hydrogen-bond acceptors (Lipinski definition) is 3. The summed E-state index contributed by atoms with van der Waals surface area (Å²) in [6.45, 7) is 1.88. The van der Waals surface area contributed by atoms with E-state index in [1.807, 2.05) is 48.1 Å². The highest BCUT2D eigenvalue weighted by Gasteiger charge is 2.18. The topological polar surface area (TPSA) is 67.0 Å². The molecule has 1 aromatic heterocycles. The smallest absolute Gasteiger partial charge is 0.255 e. The van der Waals surface area contributed by atoms with E-state index in [1.165, 1.54) is 7.11 Å². The minimum atomic E-state index is -0.287. The van der Waals surface area contributed by atoms with Gasteiger partial charge in [-0.05, 0) is 42.8 Å². The Morgan fingerprint density at radius 2 is 1.89 bits per heavy atom. The molecule has 6 heteroatoms. The lowest BCUT2D eigenvalue weighted by molar-refractivity contribution is 0.0937. The molecule has 0 saturated carbocycles. The van der Waals surface area contributed by atoms with Crippen LogP contribution in [0.1, 0.15) is 34.5 Å². The van der Waals surface area contributed by atoms with Crippen molar-refractivity contribution in [1.82, 2.24) is 9.88 Å². The molecule has 0 bridgehead atoms. The number of amides is 1. The van der Waals surface area contributed by atoms with Gasteiger partial charge in [0.2, 0.25) is 0 Å². The molecule has 1 N–H and O–H groups in total. The Labute approximate surface area is 162 Å². The van der Waals surface area contributed by atoms with Crippen molar-refractivity contribution in [3.8, 4) is 17.5 Å². The monoisotopic (exact) mass is 379 g/mol. The number of carbonyl (C=O) groups excluding carboxylic acids is 1. The van der Waals surface area contributed by atoms with E-state index in [4.69, 9.17) is 21.6 Å². The molecule has 3 aromatic rings. The molecule has 0 spiro atoms. The highest BCUT2D eigenvalue weighted by molar-refractivity contribution is 6.33. The molecule has 136 valence electrons. The lowest BCUT2D eigenvalue weighted by atomic mass is 10.1. The SMILES string of the molecule is COc1cc(-n2cccc2)c(Cl)cc1C(=O)NC(C)c1ccc(C#N)cc1. The van der Waals surface area contributed by atoms with E-state index in [1.54, 1.807) is 24.3 Å².